The van der Waals surface area contributed by atoms with E-state index in [1.165, 1.54) is 6.07 Å². The van der Waals surface area contributed by atoms with Crippen LogP contribution >= 0.6 is 27.5 Å². The zero-order valence-corrected chi connectivity index (χ0v) is 14.2. The van der Waals surface area contributed by atoms with Crippen LogP contribution in [0.25, 0.3) is 10.9 Å². The number of carbonyl (C=O) groups excluding carboxylic acids is 1. The van der Waals surface area contributed by atoms with E-state index in [0.717, 1.165) is 0 Å². The van der Waals surface area contributed by atoms with Crippen LogP contribution in [0.1, 0.15) is 5.69 Å². The van der Waals surface area contributed by atoms with Crippen LogP contribution in [0.2, 0.25) is 0 Å². The summed E-state index contributed by atoms with van der Waals surface area (Å²) in [6, 6.07) is 7.79. The van der Waals surface area contributed by atoms with Crippen molar-refractivity contribution in [1.82, 2.24) is 4.98 Å². The predicted molar refractivity (Wildman–Crippen MR) is 86.6 cm³/mol. The smallest absolute Gasteiger partial charge is 0.351 e. The van der Waals surface area contributed by atoms with Gasteiger partial charge in [-0.15, -0.1) is 0 Å². The number of fused-ring (bicyclic) bond motifs is 1. The molecule has 2 rings (SSSR count). The molecule has 10 heteroatoms. The van der Waals surface area contributed by atoms with Crippen molar-refractivity contribution in [2.75, 3.05) is 0 Å². The number of hydrogen-bond donors (Lipinski definition) is 6. The molecule has 0 bridgehead atoms. The average Bonchev–Trinajstić information content (AvgIpc) is 2.96. The van der Waals surface area contributed by atoms with E-state index in [0.29, 0.717) is 10.9 Å². The number of alkyl halides is 2. The number of aliphatic hydroxyl groups is 4. The molecule has 6 N–H and O–H groups in total. The molecule has 1 aromatic carbocycles. The Hall–Kier alpha value is -1.49. The van der Waals surface area contributed by atoms with Crippen LogP contribution in [0.4, 0.5) is 0 Å². The Kier molecular flexibility index (Phi) is 4.79. The van der Waals surface area contributed by atoms with Gasteiger partial charge in [0.1, 0.15) is 6.10 Å². The number of carboxylic acid groups (broad SMARTS) is 1. The molecule has 24 heavy (non-hydrogen) atoms. The highest BCUT2D eigenvalue weighted by molar-refractivity contribution is 9.10. The SMILES string of the molecule is O=C[C@H](O)[C@](O)(c1cc2ccccc2[nH]1)[C@@](O)(Cl)[C@@](O)(Br)C(=O)O. The van der Waals surface area contributed by atoms with E-state index in [1.54, 1.807) is 24.3 Å². The molecule has 0 spiro atoms. The second kappa shape index (κ2) is 6.10. The zero-order chi connectivity index (χ0) is 18.3. The van der Waals surface area contributed by atoms with Crippen molar-refractivity contribution in [3.05, 3.63) is 36.0 Å². The summed E-state index contributed by atoms with van der Waals surface area (Å²) >= 11 is 8.07. The lowest BCUT2D eigenvalue weighted by Crippen LogP contribution is -2.67. The van der Waals surface area contributed by atoms with Crippen molar-refractivity contribution < 1.29 is 35.1 Å². The first-order valence-electron chi connectivity index (χ1n) is 6.50. The summed E-state index contributed by atoms with van der Waals surface area (Å²) in [4.78, 5) is 24.9. The van der Waals surface area contributed by atoms with E-state index >= 15 is 0 Å². The lowest BCUT2D eigenvalue weighted by molar-refractivity contribution is -0.216. The molecule has 0 unspecified atom stereocenters. The van der Waals surface area contributed by atoms with Gasteiger partial charge in [0.25, 0.3) is 4.51 Å². The molecule has 1 aromatic heterocycles. The number of aromatic nitrogens is 1. The molecule has 4 atom stereocenters. The Bertz CT molecular complexity index is 757. The van der Waals surface area contributed by atoms with Crippen LogP contribution in [0.3, 0.4) is 0 Å². The molecule has 0 aliphatic carbocycles. The average molecular weight is 423 g/mol. The molecule has 0 fully saturated rings. The number of carboxylic acids is 1. The number of halogens is 2. The van der Waals surface area contributed by atoms with Gasteiger partial charge in [-0.05, 0) is 33.4 Å². The number of benzene rings is 1. The number of hydrogen-bond acceptors (Lipinski definition) is 6. The Morgan fingerprint density at radius 3 is 2.38 bits per heavy atom. The number of rotatable bonds is 6. The van der Waals surface area contributed by atoms with Gasteiger partial charge in [0.15, 0.2) is 11.9 Å². The Balaban J connectivity index is 2.75. The first-order chi connectivity index (χ1) is 11.0. The minimum absolute atomic E-state index is 0.149. The third-order valence-electron chi connectivity index (χ3n) is 3.73. The molecule has 0 amide bonds. The first kappa shape index (κ1) is 18.8. The molecular weight excluding hydrogens is 410 g/mol. The van der Waals surface area contributed by atoms with Crippen LogP contribution in [0.15, 0.2) is 30.3 Å². The lowest BCUT2D eigenvalue weighted by Gasteiger charge is -2.44. The van der Waals surface area contributed by atoms with Gasteiger partial charge in [-0.25, -0.2) is 4.79 Å². The Morgan fingerprint density at radius 1 is 1.29 bits per heavy atom. The maximum Gasteiger partial charge on any atom is 0.351 e. The van der Waals surface area contributed by atoms with Crippen LogP contribution < -0.4 is 0 Å². The molecule has 0 aliphatic heterocycles. The predicted octanol–water partition coefficient (Wildman–Crippen LogP) is 0.0108. The van der Waals surface area contributed by atoms with Crippen molar-refractivity contribution in [1.29, 1.82) is 0 Å². The Labute approximate surface area is 148 Å². The highest BCUT2D eigenvalue weighted by Gasteiger charge is 2.68. The number of H-pyrrole nitrogens is 1. The summed E-state index contributed by atoms with van der Waals surface area (Å²) in [5.74, 6) is -2.05. The van der Waals surface area contributed by atoms with E-state index in [9.17, 15) is 30.0 Å². The third-order valence-corrected chi connectivity index (χ3v) is 5.43. The molecule has 1 heterocycles. The largest absolute Gasteiger partial charge is 0.478 e. The maximum atomic E-state index is 11.2. The minimum Gasteiger partial charge on any atom is -0.478 e. The molecule has 8 nitrogen and oxygen atoms in total. The summed E-state index contributed by atoms with van der Waals surface area (Å²) in [6.45, 7) is 0. The molecule has 0 saturated carbocycles. The second-order valence-electron chi connectivity index (χ2n) is 5.17. The normalized spacial score (nSPS) is 20.6. The van der Waals surface area contributed by atoms with Crippen LogP contribution in [-0.4, -0.2) is 58.4 Å². The fourth-order valence-corrected chi connectivity index (χ4v) is 2.90. The summed E-state index contributed by atoms with van der Waals surface area (Å²) < 4.78 is -3.29. The molecule has 130 valence electrons. The third kappa shape index (κ3) is 2.53. The standard InChI is InChI=1S/C14H13BrClNO7/c15-13(23,11(20)21)14(16,24)12(22,10(19)6-18)9-5-7-3-1-2-4-8(7)17-9/h1-6,10,17,19,22-24H,(H,20,21)/t10-,12+,13+,14-/m0/s1. The van der Waals surface area contributed by atoms with Gasteiger partial charge in [0.05, 0.1) is 5.69 Å². The van der Waals surface area contributed by atoms with Crippen molar-refractivity contribution in [2.45, 2.75) is 21.3 Å². The van der Waals surface area contributed by atoms with Crippen molar-refractivity contribution in [3.63, 3.8) is 0 Å². The molecular formula is C14H13BrClNO7. The fraction of sp³-hybridized carbons (Fsp3) is 0.286. The van der Waals surface area contributed by atoms with Crippen LogP contribution in [-0.2, 0) is 15.2 Å². The molecule has 0 saturated heterocycles. The number of para-hydroxylation sites is 1. The second-order valence-corrected chi connectivity index (χ2v) is 6.86. The van der Waals surface area contributed by atoms with Gasteiger partial charge in [-0.2, -0.15) is 0 Å². The quantitative estimate of drug-likeness (QED) is 0.283. The van der Waals surface area contributed by atoms with Crippen molar-refractivity contribution >= 4 is 50.7 Å². The van der Waals surface area contributed by atoms with Crippen LogP contribution in [0, 0.1) is 0 Å². The van der Waals surface area contributed by atoms with Crippen LogP contribution in [0.5, 0.6) is 0 Å². The minimum atomic E-state index is -3.44. The molecule has 0 aliphatic rings. The number of nitrogens with one attached hydrogen (secondary N) is 1. The monoisotopic (exact) mass is 421 g/mol. The van der Waals surface area contributed by atoms with Crippen molar-refractivity contribution in [3.8, 4) is 0 Å². The summed E-state index contributed by atoms with van der Waals surface area (Å²) in [5.41, 5.74) is -3.02. The van der Waals surface area contributed by atoms with Gasteiger partial charge in [-0.1, -0.05) is 29.8 Å². The van der Waals surface area contributed by atoms with E-state index in [2.05, 4.69) is 20.9 Å². The van der Waals surface area contributed by atoms with E-state index in [4.69, 9.17) is 16.7 Å². The summed E-state index contributed by atoms with van der Waals surface area (Å²) in [5, 5.41) is 47.3. The lowest BCUT2D eigenvalue weighted by atomic mass is 9.83. The topological polar surface area (TPSA) is 151 Å². The van der Waals surface area contributed by atoms with Gasteiger partial charge in [0.2, 0.25) is 5.06 Å². The van der Waals surface area contributed by atoms with Crippen molar-refractivity contribution in [2.24, 2.45) is 0 Å². The van der Waals surface area contributed by atoms with Gasteiger partial charge < -0.3 is 35.3 Å². The Morgan fingerprint density at radius 2 is 1.88 bits per heavy atom. The number of aliphatic hydroxyl groups excluding tert-OH is 1. The number of carbonyl (C=O) groups is 2. The van der Waals surface area contributed by atoms with E-state index in [-0.39, 0.29) is 12.0 Å². The maximum absolute atomic E-state index is 11.2. The van der Waals surface area contributed by atoms with Gasteiger partial charge >= 0.3 is 5.97 Å². The first-order valence-corrected chi connectivity index (χ1v) is 7.67. The van der Waals surface area contributed by atoms with Gasteiger partial charge in [0, 0.05) is 5.52 Å². The fourth-order valence-electron chi connectivity index (χ4n) is 2.31. The van der Waals surface area contributed by atoms with Gasteiger partial charge in [-0.3, -0.25) is 0 Å². The summed E-state index contributed by atoms with van der Waals surface area (Å²) in [6.07, 6.45) is -2.51. The summed E-state index contributed by atoms with van der Waals surface area (Å²) in [7, 11) is 0. The molecule has 0 radical (unpaired) electrons. The zero-order valence-electron chi connectivity index (χ0n) is 11.8. The number of aliphatic carboxylic acids is 1. The molecule has 2 aromatic rings. The van der Waals surface area contributed by atoms with E-state index in [1.807, 2.05) is 0 Å². The van der Waals surface area contributed by atoms with E-state index < -0.39 is 27.2 Å². The number of aromatic amines is 1. The number of aldehydes is 1. The highest BCUT2D eigenvalue weighted by atomic mass is 79.9. The highest BCUT2D eigenvalue weighted by Crippen LogP contribution is 2.48.